The summed E-state index contributed by atoms with van der Waals surface area (Å²) in [7, 11) is 1.79. The Bertz CT molecular complexity index is 828. The molecule has 4 nitrogen and oxygen atoms in total. The molecule has 2 aromatic heterocycles. The number of rotatable bonds is 4. The number of carbonyl (C=O) groups is 1. The van der Waals surface area contributed by atoms with Gasteiger partial charge in [-0.2, -0.15) is 5.10 Å². The van der Waals surface area contributed by atoms with Crippen LogP contribution in [0.5, 0.6) is 0 Å². The molecule has 0 saturated carbocycles. The van der Waals surface area contributed by atoms with Gasteiger partial charge in [0.2, 0.25) is 0 Å². The minimum Gasteiger partial charge on any atom is -0.336 e. The molecule has 0 atom stereocenters. The lowest BCUT2D eigenvalue weighted by Gasteiger charge is -2.16. The number of hydrogen-bond donors (Lipinski definition) is 1. The van der Waals surface area contributed by atoms with Crippen LogP contribution in [-0.2, 0) is 6.54 Å². The summed E-state index contributed by atoms with van der Waals surface area (Å²) in [5, 5.41) is 9.58. The number of thiophene rings is 1. The van der Waals surface area contributed by atoms with E-state index in [-0.39, 0.29) is 5.91 Å². The Morgan fingerprint density at radius 1 is 1.39 bits per heavy atom. The van der Waals surface area contributed by atoms with Gasteiger partial charge in [0, 0.05) is 32.4 Å². The average molecular weight is 411 g/mol. The van der Waals surface area contributed by atoms with E-state index < -0.39 is 0 Å². The van der Waals surface area contributed by atoms with Crippen molar-refractivity contribution in [3.63, 3.8) is 0 Å². The molecular formula is C16H13BrClN3OS. The zero-order valence-electron chi connectivity index (χ0n) is 12.2. The first-order valence-corrected chi connectivity index (χ1v) is 8.87. The van der Waals surface area contributed by atoms with Crippen molar-refractivity contribution in [2.45, 2.75) is 6.54 Å². The maximum absolute atomic E-state index is 12.7. The zero-order valence-corrected chi connectivity index (χ0v) is 15.4. The molecule has 23 heavy (non-hydrogen) atoms. The second-order valence-electron chi connectivity index (χ2n) is 5.06. The van der Waals surface area contributed by atoms with Gasteiger partial charge in [0.05, 0.1) is 24.0 Å². The van der Waals surface area contributed by atoms with Crippen LogP contribution in [0.4, 0.5) is 0 Å². The number of H-pyrrole nitrogens is 1. The number of amides is 1. The Hall–Kier alpha value is -1.63. The standard InChI is InChI=1S/C16H13BrClN3OS/c1-21(8-13-6-11(17)9-23-13)16(22)14-7-19-20-15(14)10-2-4-12(18)5-3-10/h2-7,9H,8H2,1H3,(H,19,20). The summed E-state index contributed by atoms with van der Waals surface area (Å²) in [6.45, 7) is 0.556. The lowest BCUT2D eigenvalue weighted by atomic mass is 10.1. The fraction of sp³-hybridized carbons (Fsp3) is 0.125. The number of carbonyl (C=O) groups excluding carboxylic acids is 1. The van der Waals surface area contributed by atoms with E-state index in [9.17, 15) is 4.79 Å². The summed E-state index contributed by atoms with van der Waals surface area (Å²) in [4.78, 5) is 15.5. The third-order valence-corrected chi connectivity index (χ3v) is 5.30. The molecule has 0 spiro atoms. The maximum atomic E-state index is 12.7. The van der Waals surface area contributed by atoms with Gasteiger partial charge in [-0.15, -0.1) is 11.3 Å². The molecule has 0 unspecified atom stereocenters. The van der Waals surface area contributed by atoms with E-state index in [0.717, 1.165) is 14.9 Å². The molecule has 0 radical (unpaired) electrons. The summed E-state index contributed by atoms with van der Waals surface area (Å²) in [6.07, 6.45) is 1.56. The van der Waals surface area contributed by atoms with Crippen LogP contribution in [0.1, 0.15) is 15.2 Å². The Morgan fingerprint density at radius 3 is 2.78 bits per heavy atom. The Balaban J connectivity index is 1.82. The molecule has 1 N–H and O–H groups in total. The minimum absolute atomic E-state index is 0.0757. The van der Waals surface area contributed by atoms with E-state index in [1.165, 1.54) is 0 Å². The van der Waals surface area contributed by atoms with E-state index in [1.54, 1.807) is 41.6 Å². The van der Waals surface area contributed by atoms with Crippen LogP contribution in [0, 0.1) is 0 Å². The second kappa shape index (κ2) is 6.86. The second-order valence-corrected chi connectivity index (χ2v) is 7.41. The molecule has 3 aromatic rings. The van der Waals surface area contributed by atoms with Gasteiger partial charge in [0.1, 0.15) is 0 Å². The first-order chi connectivity index (χ1) is 11.0. The Morgan fingerprint density at radius 2 is 2.13 bits per heavy atom. The van der Waals surface area contributed by atoms with E-state index in [1.807, 2.05) is 23.6 Å². The topological polar surface area (TPSA) is 49.0 Å². The third-order valence-electron chi connectivity index (χ3n) is 3.36. The van der Waals surface area contributed by atoms with Gasteiger partial charge in [0.25, 0.3) is 5.91 Å². The van der Waals surface area contributed by atoms with Crippen LogP contribution < -0.4 is 0 Å². The van der Waals surface area contributed by atoms with Crippen LogP contribution in [0.3, 0.4) is 0 Å². The third kappa shape index (κ3) is 3.65. The van der Waals surface area contributed by atoms with Crippen molar-refractivity contribution >= 4 is 44.8 Å². The van der Waals surface area contributed by atoms with Crippen molar-refractivity contribution in [1.82, 2.24) is 15.1 Å². The molecule has 0 bridgehead atoms. The highest BCUT2D eigenvalue weighted by atomic mass is 79.9. The smallest absolute Gasteiger partial charge is 0.257 e. The van der Waals surface area contributed by atoms with Gasteiger partial charge in [-0.3, -0.25) is 9.89 Å². The minimum atomic E-state index is -0.0757. The number of benzene rings is 1. The van der Waals surface area contributed by atoms with Crippen molar-refractivity contribution in [1.29, 1.82) is 0 Å². The van der Waals surface area contributed by atoms with Crippen molar-refractivity contribution < 1.29 is 4.79 Å². The predicted octanol–water partition coefficient (Wildman–Crippen LogP) is 4.83. The van der Waals surface area contributed by atoms with Crippen LogP contribution in [0.15, 0.2) is 46.4 Å². The average Bonchev–Trinajstić information content (AvgIpc) is 3.16. The van der Waals surface area contributed by atoms with Crippen molar-refractivity contribution in [2.24, 2.45) is 0 Å². The largest absolute Gasteiger partial charge is 0.336 e. The molecule has 0 aliphatic rings. The fourth-order valence-corrected chi connectivity index (χ4v) is 3.86. The van der Waals surface area contributed by atoms with Crippen LogP contribution >= 0.6 is 38.9 Å². The molecular weight excluding hydrogens is 398 g/mol. The number of nitrogens with one attached hydrogen (secondary N) is 1. The summed E-state index contributed by atoms with van der Waals surface area (Å²) < 4.78 is 1.03. The molecule has 7 heteroatoms. The first kappa shape index (κ1) is 16.2. The predicted molar refractivity (Wildman–Crippen MR) is 96.9 cm³/mol. The molecule has 0 saturated heterocycles. The summed E-state index contributed by atoms with van der Waals surface area (Å²) in [5.74, 6) is -0.0757. The highest BCUT2D eigenvalue weighted by molar-refractivity contribution is 9.10. The van der Waals surface area contributed by atoms with Gasteiger partial charge in [-0.1, -0.05) is 23.7 Å². The number of halogens is 2. The fourth-order valence-electron chi connectivity index (χ4n) is 2.23. The van der Waals surface area contributed by atoms with Gasteiger partial charge in [0.15, 0.2) is 0 Å². The van der Waals surface area contributed by atoms with Gasteiger partial charge in [-0.25, -0.2) is 0 Å². The summed E-state index contributed by atoms with van der Waals surface area (Å²) in [6, 6.07) is 9.33. The van der Waals surface area contributed by atoms with E-state index in [2.05, 4.69) is 26.1 Å². The van der Waals surface area contributed by atoms with Crippen LogP contribution in [0.2, 0.25) is 5.02 Å². The molecule has 2 heterocycles. The van der Waals surface area contributed by atoms with E-state index in [4.69, 9.17) is 11.6 Å². The number of nitrogens with zero attached hydrogens (tertiary/aromatic N) is 2. The maximum Gasteiger partial charge on any atom is 0.257 e. The number of aromatic amines is 1. The number of aromatic nitrogens is 2. The van der Waals surface area contributed by atoms with Crippen molar-refractivity contribution in [2.75, 3.05) is 7.05 Å². The lowest BCUT2D eigenvalue weighted by molar-refractivity contribution is 0.0787. The zero-order chi connectivity index (χ0) is 16.4. The Labute approximate surface area is 151 Å². The highest BCUT2D eigenvalue weighted by Crippen LogP contribution is 2.25. The van der Waals surface area contributed by atoms with Crippen molar-refractivity contribution in [3.8, 4) is 11.3 Å². The lowest BCUT2D eigenvalue weighted by Crippen LogP contribution is -2.25. The van der Waals surface area contributed by atoms with E-state index >= 15 is 0 Å². The van der Waals surface area contributed by atoms with Crippen LogP contribution in [0.25, 0.3) is 11.3 Å². The molecule has 0 fully saturated rings. The van der Waals surface area contributed by atoms with Gasteiger partial charge in [-0.05, 0) is 34.1 Å². The molecule has 118 valence electrons. The monoisotopic (exact) mass is 409 g/mol. The molecule has 0 aliphatic carbocycles. The van der Waals surface area contributed by atoms with E-state index in [0.29, 0.717) is 22.8 Å². The summed E-state index contributed by atoms with van der Waals surface area (Å²) in [5.41, 5.74) is 2.12. The van der Waals surface area contributed by atoms with Crippen LogP contribution in [-0.4, -0.2) is 28.1 Å². The molecule has 3 rings (SSSR count). The quantitative estimate of drug-likeness (QED) is 0.670. The van der Waals surface area contributed by atoms with Crippen molar-refractivity contribution in [3.05, 3.63) is 61.8 Å². The molecule has 1 aromatic carbocycles. The van der Waals surface area contributed by atoms with Gasteiger partial charge < -0.3 is 4.90 Å². The molecule has 1 amide bonds. The number of hydrogen-bond acceptors (Lipinski definition) is 3. The van der Waals surface area contributed by atoms with Gasteiger partial charge >= 0.3 is 0 Å². The first-order valence-electron chi connectivity index (χ1n) is 6.82. The Kier molecular flexibility index (Phi) is 4.84. The molecule has 0 aliphatic heterocycles. The normalized spacial score (nSPS) is 10.7. The highest BCUT2D eigenvalue weighted by Gasteiger charge is 2.19. The SMILES string of the molecule is CN(Cc1cc(Br)cs1)C(=O)c1cn[nH]c1-c1ccc(Cl)cc1. The summed E-state index contributed by atoms with van der Waals surface area (Å²) >= 11 is 11.0.